The molecule has 1 amide bonds. The molecular weight excluding hydrogens is 290 g/mol. The zero-order chi connectivity index (χ0) is 16.5. The molecule has 23 heavy (non-hydrogen) atoms. The van der Waals surface area contributed by atoms with Gasteiger partial charge in [0, 0.05) is 12.6 Å². The molecule has 1 aliphatic carbocycles. The lowest BCUT2D eigenvalue weighted by atomic mass is 9.87. The van der Waals surface area contributed by atoms with Crippen LogP contribution >= 0.6 is 0 Å². The van der Waals surface area contributed by atoms with E-state index in [2.05, 4.69) is 5.32 Å². The number of carbonyl (C=O) groups is 1. The van der Waals surface area contributed by atoms with Crippen molar-refractivity contribution < 1.29 is 14.3 Å². The van der Waals surface area contributed by atoms with Crippen molar-refractivity contribution in [3.63, 3.8) is 0 Å². The van der Waals surface area contributed by atoms with Gasteiger partial charge in [-0.1, -0.05) is 38.2 Å². The van der Waals surface area contributed by atoms with Gasteiger partial charge in [0.05, 0.1) is 14.2 Å². The lowest BCUT2D eigenvalue weighted by Crippen LogP contribution is -2.24. The zero-order valence-electron chi connectivity index (χ0n) is 14.1. The Kier molecular flexibility index (Phi) is 6.98. The highest BCUT2D eigenvalue weighted by Gasteiger charge is 2.12. The van der Waals surface area contributed by atoms with Crippen LogP contribution in [0, 0.1) is 5.92 Å². The lowest BCUT2D eigenvalue weighted by Gasteiger charge is -2.21. The van der Waals surface area contributed by atoms with Crippen molar-refractivity contribution in [2.24, 2.45) is 5.92 Å². The fourth-order valence-corrected chi connectivity index (χ4v) is 3.06. The number of benzene rings is 1. The van der Waals surface area contributed by atoms with Crippen LogP contribution in [0.4, 0.5) is 0 Å². The first-order chi connectivity index (χ1) is 11.2. The van der Waals surface area contributed by atoms with Crippen LogP contribution in [-0.4, -0.2) is 26.7 Å². The number of ether oxygens (including phenoxy) is 2. The van der Waals surface area contributed by atoms with E-state index >= 15 is 0 Å². The summed E-state index contributed by atoms with van der Waals surface area (Å²) in [4.78, 5) is 11.9. The smallest absolute Gasteiger partial charge is 0.243 e. The molecule has 126 valence electrons. The second kappa shape index (κ2) is 9.23. The molecule has 2 rings (SSSR count). The Labute approximate surface area is 138 Å². The molecule has 0 bridgehead atoms. The summed E-state index contributed by atoms with van der Waals surface area (Å²) in [7, 11) is 3.20. The summed E-state index contributed by atoms with van der Waals surface area (Å²) in [6.07, 6.45) is 11.2. The Bertz CT molecular complexity index is 533. The summed E-state index contributed by atoms with van der Waals surface area (Å²) in [5.74, 6) is 2.09. The third kappa shape index (κ3) is 5.62. The molecule has 0 radical (unpaired) electrons. The van der Waals surface area contributed by atoms with Crippen molar-refractivity contribution in [2.45, 2.75) is 38.5 Å². The van der Waals surface area contributed by atoms with Crippen LogP contribution < -0.4 is 14.8 Å². The maximum atomic E-state index is 11.9. The minimum atomic E-state index is -0.0457. The van der Waals surface area contributed by atoms with Gasteiger partial charge in [-0.25, -0.2) is 0 Å². The van der Waals surface area contributed by atoms with Crippen LogP contribution in [0.15, 0.2) is 24.3 Å². The molecule has 0 aromatic heterocycles. The van der Waals surface area contributed by atoms with Crippen LogP contribution in [-0.2, 0) is 4.79 Å². The molecule has 0 atom stereocenters. The number of hydrogen-bond donors (Lipinski definition) is 1. The second-order valence-electron chi connectivity index (χ2n) is 6.03. The molecule has 0 spiro atoms. The first-order valence-corrected chi connectivity index (χ1v) is 8.41. The van der Waals surface area contributed by atoms with E-state index in [0.29, 0.717) is 11.5 Å². The molecule has 0 aliphatic heterocycles. The van der Waals surface area contributed by atoms with E-state index in [9.17, 15) is 4.79 Å². The number of nitrogens with one attached hydrogen (secondary N) is 1. The Morgan fingerprint density at radius 1 is 1.17 bits per heavy atom. The molecule has 1 saturated carbocycles. The molecule has 1 aromatic rings. The Morgan fingerprint density at radius 2 is 1.91 bits per heavy atom. The van der Waals surface area contributed by atoms with Crippen LogP contribution in [0.3, 0.4) is 0 Å². The molecule has 1 N–H and O–H groups in total. The molecule has 1 aliphatic rings. The van der Waals surface area contributed by atoms with E-state index in [1.165, 1.54) is 32.1 Å². The monoisotopic (exact) mass is 317 g/mol. The summed E-state index contributed by atoms with van der Waals surface area (Å²) >= 11 is 0. The predicted octanol–water partition coefficient (Wildman–Crippen LogP) is 3.80. The third-order valence-corrected chi connectivity index (χ3v) is 4.41. The van der Waals surface area contributed by atoms with E-state index < -0.39 is 0 Å². The average Bonchev–Trinajstić information content (AvgIpc) is 2.60. The van der Waals surface area contributed by atoms with Gasteiger partial charge in [0.2, 0.25) is 5.91 Å². The fourth-order valence-electron chi connectivity index (χ4n) is 3.06. The van der Waals surface area contributed by atoms with Gasteiger partial charge < -0.3 is 14.8 Å². The normalized spacial score (nSPS) is 15.6. The number of amides is 1. The predicted molar refractivity (Wildman–Crippen MR) is 92.8 cm³/mol. The maximum Gasteiger partial charge on any atom is 0.243 e. The summed E-state index contributed by atoms with van der Waals surface area (Å²) in [5.41, 5.74) is 0.907. The number of rotatable bonds is 7. The number of hydrogen-bond acceptors (Lipinski definition) is 3. The summed E-state index contributed by atoms with van der Waals surface area (Å²) in [5, 5.41) is 2.97. The van der Waals surface area contributed by atoms with Gasteiger partial charge in [0.1, 0.15) is 0 Å². The van der Waals surface area contributed by atoms with Gasteiger partial charge in [0.15, 0.2) is 11.5 Å². The first kappa shape index (κ1) is 17.4. The number of carbonyl (C=O) groups excluding carboxylic acids is 1. The van der Waals surface area contributed by atoms with Gasteiger partial charge in [-0.15, -0.1) is 0 Å². The van der Waals surface area contributed by atoms with Crippen LogP contribution in [0.5, 0.6) is 11.5 Å². The summed E-state index contributed by atoms with van der Waals surface area (Å²) in [6, 6.07) is 5.58. The second-order valence-corrected chi connectivity index (χ2v) is 6.03. The minimum Gasteiger partial charge on any atom is -0.493 e. The molecule has 0 heterocycles. The summed E-state index contributed by atoms with van der Waals surface area (Å²) < 4.78 is 10.5. The highest BCUT2D eigenvalue weighted by molar-refractivity contribution is 5.91. The fraction of sp³-hybridized carbons (Fsp3) is 0.526. The van der Waals surface area contributed by atoms with E-state index in [1.807, 2.05) is 18.2 Å². The standard InChI is InChI=1S/C19H27NO3/c1-22-17-10-8-16(14-18(17)23-2)9-11-19(21)20-13-12-15-6-4-3-5-7-15/h8-11,14-15H,3-7,12-13H2,1-2H3,(H,20,21)/b11-9+. The van der Waals surface area contributed by atoms with E-state index in [-0.39, 0.29) is 5.91 Å². The van der Waals surface area contributed by atoms with E-state index in [4.69, 9.17) is 9.47 Å². The van der Waals surface area contributed by atoms with Crippen molar-refractivity contribution >= 4 is 12.0 Å². The molecule has 1 fully saturated rings. The molecule has 0 saturated heterocycles. The Hall–Kier alpha value is -1.97. The van der Waals surface area contributed by atoms with Crippen LogP contribution in [0.25, 0.3) is 6.08 Å². The van der Waals surface area contributed by atoms with Gasteiger partial charge in [-0.3, -0.25) is 4.79 Å². The molecule has 1 aromatic carbocycles. The van der Waals surface area contributed by atoms with E-state index in [1.54, 1.807) is 26.4 Å². The van der Waals surface area contributed by atoms with Gasteiger partial charge >= 0.3 is 0 Å². The third-order valence-electron chi connectivity index (χ3n) is 4.41. The molecular formula is C19H27NO3. The summed E-state index contributed by atoms with van der Waals surface area (Å²) in [6.45, 7) is 0.764. The highest BCUT2D eigenvalue weighted by atomic mass is 16.5. The molecule has 0 unspecified atom stereocenters. The van der Waals surface area contributed by atoms with Crippen molar-refractivity contribution in [1.82, 2.24) is 5.32 Å². The van der Waals surface area contributed by atoms with Gasteiger partial charge in [-0.2, -0.15) is 0 Å². The Balaban J connectivity index is 1.78. The van der Waals surface area contributed by atoms with Crippen molar-refractivity contribution in [3.8, 4) is 11.5 Å². The minimum absolute atomic E-state index is 0.0457. The Morgan fingerprint density at radius 3 is 2.61 bits per heavy atom. The number of methoxy groups -OCH3 is 2. The quantitative estimate of drug-likeness (QED) is 0.778. The van der Waals surface area contributed by atoms with Gasteiger partial charge in [-0.05, 0) is 36.1 Å². The maximum absolute atomic E-state index is 11.9. The van der Waals surface area contributed by atoms with Crippen molar-refractivity contribution in [1.29, 1.82) is 0 Å². The first-order valence-electron chi connectivity index (χ1n) is 8.41. The lowest BCUT2D eigenvalue weighted by molar-refractivity contribution is -0.116. The topological polar surface area (TPSA) is 47.6 Å². The van der Waals surface area contributed by atoms with Gasteiger partial charge in [0.25, 0.3) is 0 Å². The molecule has 4 heteroatoms. The zero-order valence-corrected chi connectivity index (χ0v) is 14.1. The van der Waals surface area contributed by atoms with Crippen molar-refractivity contribution in [2.75, 3.05) is 20.8 Å². The van der Waals surface area contributed by atoms with Crippen molar-refractivity contribution in [3.05, 3.63) is 29.8 Å². The molecule has 4 nitrogen and oxygen atoms in total. The SMILES string of the molecule is COc1ccc(/C=C/C(=O)NCCC2CCCCC2)cc1OC. The average molecular weight is 317 g/mol. The van der Waals surface area contributed by atoms with Crippen LogP contribution in [0.1, 0.15) is 44.1 Å². The highest BCUT2D eigenvalue weighted by Crippen LogP contribution is 2.28. The van der Waals surface area contributed by atoms with Crippen LogP contribution in [0.2, 0.25) is 0 Å². The largest absolute Gasteiger partial charge is 0.493 e. The van der Waals surface area contributed by atoms with E-state index in [0.717, 1.165) is 24.4 Å².